The van der Waals surface area contributed by atoms with E-state index in [1.807, 2.05) is 37.4 Å². The lowest BCUT2D eigenvalue weighted by Crippen LogP contribution is -2.33. The molecule has 1 amide bonds. The largest absolute Gasteiger partial charge is 0.496 e. The fourth-order valence-corrected chi connectivity index (χ4v) is 3.46. The second-order valence-electron chi connectivity index (χ2n) is 5.21. The van der Waals surface area contributed by atoms with Crippen molar-refractivity contribution in [3.05, 3.63) is 41.5 Å². The molecular formula is C17H19N3O3S. The maximum absolute atomic E-state index is 12.7. The molecule has 126 valence electrons. The highest BCUT2D eigenvalue weighted by Crippen LogP contribution is 2.30. The topological polar surface area (TPSA) is 67.1 Å². The fourth-order valence-electron chi connectivity index (χ4n) is 2.61. The van der Waals surface area contributed by atoms with E-state index in [9.17, 15) is 4.79 Å². The molecule has 2 heterocycles. The maximum Gasteiger partial charge on any atom is 0.271 e. The number of aromatic nitrogens is 2. The van der Waals surface area contributed by atoms with Crippen LogP contribution in [0, 0.1) is 0 Å². The number of aliphatic hydroxyl groups is 1. The molecule has 1 aromatic carbocycles. The second kappa shape index (κ2) is 7.02. The smallest absolute Gasteiger partial charge is 0.271 e. The molecule has 0 fully saturated rings. The molecule has 0 spiro atoms. The lowest BCUT2D eigenvalue weighted by molar-refractivity contribution is 0.0725. The zero-order valence-corrected chi connectivity index (χ0v) is 14.4. The molecule has 0 aliphatic rings. The molecule has 0 aliphatic heterocycles. The number of thiazole rings is 1. The van der Waals surface area contributed by atoms with Crippen molar-refractivity contribution in [3.63, 3.8) is 0 Å². The van der Waals surface area contributed by atoms with Gasteiger partial charge in [0.15, 0.2) is 4.96 Å². The first kappa shape index (κ1) is 16.5. The summed E-state index contributed by atoms with van der Waals surface area (Å²) in [5, 5.41) is 10.9. The van der Waals surface area contributed by atoms with Crippen LogP contribution in [0.25, 0.3) is 16.2 Å². The Balaban J connectivity index is 2.02. The van der Waals surface area contributed by atoms with Crippen molar-refractivity contribution < 1.29 is 14.6 Å². The number of methoxy groups -OCH3 is 1. The van der Waals surface area contributed by atoms with Gasteiger partial charge in [0.05, 0.1) is 19.4 Å². The number of carbonyl (C=O) groups excluding carboxylic acids is 1. The summed E-state index contributed by atoms with van der Waals surface area (Å²) in [5.41, 5.74) is 2.20. The molecule has 2 aromatic heterocycles. The van der Waals surface area contributed by atoms with Gasteiger partial charge in [-0.2, -0.15) is 0 Å². The molecule has 0 atom stereocenters. The third-order valence-corrected chi connectivity index (χ3v) is 4.69. The van der Waals surface area contributed by atoms with E-state index in [4.69, 9.17) is 9.84 Å². The molecule has 0 saturated carbocycles. The van der Waals surface area contributed by atoms with Gasteiger partial charge in [-0.05, 0) is 19.1 Å². The molecule has 3 rings (SSSR count). The predicted octanol–water partition coefficient (Wildman–Crippen LogP) is 2.53. The average Bonchev–Trinajstić information content (AvgIpc) is 3.19. The molecule has 0 saturated heterocycles. The van der Waals surface area contributed by atoms with Gasteiger partial charge in [-0.25, -0.2) is 4.98 Å². The summed E-state index contributed by atoms with van der Waals surface area (Å²) in [5.74, 6) is 0.633. The molecule has 0 bridgehead atoms. The lowest BCUT2D eigenvalue weighted by Gasteiger charge is -2.18. The van der Waals surface area contributed by atoms with Crippen LogP contribution in [0.3, 0.4) is 0 Å². The minimum Gasteiger partial charge on any atom is -0.496 e. The lowest BCUT2D eigenvalue weighted by atomic mass is 10.1. The number of aliphatic hydroxyl groups excluding tert-OH is 1. The van der Waals surface area contributed by atoms with E-state index in [1.54, 1.807) is 21.8 Å². The highest BCUT2D eigenvalue weighted by Gasteiger charge is 2.20. The normalized spacial score (nSPS) is 11.0. The quantitative estimate of drug-likeness (QED) is 0.745. The number of carbonyl (C=O) groups is 1. The van der Waals surface area contributed by atoms with Gasteiger partial charge in [-0.15, -0.1) is 11.3 Å². The second-order valence-corrected chi connectivity index (χ2v) is 6.04. The third-order valence-electron chi connectivity index (χ3n) is 3.85. The van der Waals surface area contributed by atoms with Crippen molar-refractivity contribution in [1.29, 1.82) is 0 Å². The van der Waals surface area contributed by atoms with Gasteiger partial charge in [-0.3, -0.25) is 9.20 Å². The Morgan fingerprint density at radius 2 is 2.21 bits per heavy atom. The Hall–Kier alpha value is -2.38. The van der Waals surface area contributed by atoms with Crippen molar-refractivity contribution in [2.45, 2.75) is 6.92 Å². The maximum atomic E-state index is 12.7. The summed E-state index contributed by atoms with van der Waals surface area (Å²) < 4.78 is 7.19. The summed E-state index contributed by atoms with van der Waals surface area (Å²) in [6.45, 7) is 2.71. The van der Waals surface area contributed by atoms with Crippen LogP contribution in [-0.4, -0.2) is 52.1 Å². The summed E-state index contributed by atoms with van der Waals surface area (Å²) in [6.07, 6.45) is 1.85. The number of para-hydroxylation sites is 1. The summed E-state index contributed by atoms with van der Waals surface area (Å²) in [6, 6.07) is 7.66. The zero-order valence-electron chi connectivity index (χ0n) is 13.6. The molecule has 3 aromatic rings. The fraction of sp³-hybridized carbons (Fsp3) is 0.294. The van der Waals surface area contributed by atoms with E-state index >= 15 is 0 Å². The molecule has 24 heavy (non-hydrogen) atoms. The Kier molecular flexibility index (Phi) is 4.82. The van der Waals surface area contributed by atoms with Crippen LogP contribution in [0.4, 0.5) is 0 Å². The monoisotopic (exact) mass is 345 g/mol. The molecule has 1 N–H and O–H groups in total. The number of imidazole rings is 1. The Labute approximate surface area is 143 Å². The van der Waals surface area contributed by atoms with Crippen molar-refractivity contribution in [1.82, 2.24) is 14.3 Å². The summed E-state index contributed by atoms with van der Waals surface area (Å²) in [4.78, 5) is 19.6. The van der Waals surface area contributed by atoms with Gasteiger partial charge in [-0.1, -0.05) is 12.1 Å². The highest BCUT2D eigenvalue weighted by atomic mass is 32.1. The third kappa shape index (κ3) is 2.88. The number of likely N-dealkylation sites (N-methyl/N-ethyl adjacent to an activating group) is 1. The molecule has 0 radical (unpaired) electrons. The number of hydrogen-bond donors (Lipinski definition) is 1. The molecule has 7 heteroatoms. The molecule has 0 unspecified atom stereocenters. The standard InChI is InChI=1S/C17H19N3O3S/c1-3-19(8-9-21)16(22)14-11-24-17-18-13(10-20(14)17)12-6-4-5-7-15(12)23-2/h4-7,10-11,21H,3,8-9H2,1-2H3. The van der Waals surface area contributed by atoms with E-state index in [-0.39, 0.29) is 12.5 Å². The zero-order chi connectivity index (χ0) is 17.1. The molecule has 0 aliphatic carbocycles. The number of amides is 1. The van der Waals surface area contributed by atoms with Crippen LogP contribution < -0.4 is 4.74 Å². The minimum absolute atomic E-state index is 0.0523. The van der Waals surface area contributed by atoms with Gasteiger partial charge in [0, 0.05) is 30.2 Å². The average molecular weight is 345 g/mol. The van der Waals surface area contributed by atoms with E-state index in [0.717, 1.165) is 22.0 Å². The van der Waals surface area contributed by atoms with Crippen LogP contribution in [-0.2, 0) is 0 Å². The van der Waals surface area contributed by atoms with E-state index in [2.05, 4.69) is 4.98 Å². The van der Waals surface area contributed by atoms with E-state index in [1.165, 1.54) is 11.3 Å². The Morgan fingerprint density at radius 3 is 2.92 bits per heavy atom. The first-order chi connectivity index (χ1) is 11.7. The summed E-state index contributed by atoms with van der Waals surface area (Å²) in [7, 11) is 1.63. The van der Waals surface area contributed by atoms with Crippen LogP contribution in [0.1, 0.15) is 17.4 Å². The molecular weight excluding hydrogens is 326 g/mol. The van der Waals surface area contributed by atoms with Crippen molar-refractivity contribution >= 4 is 22.2 Å². The van der Waals surface area contributed by atoms with Gasteiger partial charge in [0.25, 0.3) is 5.91 Å². The Morgan fingerprint density at radius 1 is 1.42 bits per heavy atom. The van der Waals surface area contributed by atoms with E-state index in [0.29, 0.717) is 18.8 Å². The van der Waals surface area contributed by atoms with Crippen LogP contribution in [0.2, 0.25) is 0 Å². The number of fused-ring (bicyclic) bond motifs is 1. The minimum atomic E-state index is -0.109. The van der Waals surface area contributed by atoms with Gasteiger partial charge in [0.1, 0.15) is 11.4 Å². The SMILES string of the molecule is CCN(CCO)C(=O)c1csc2nc(-c3ccccc3OC)cn12. The predicted molar refractivity (Wildman–Crippen MR) is 93.7 cm³/mol. The van der Waals surface area contributed by atoms with Crippen molar-refractivity contribution in [2.75, 3.05) is 26.8 Å². The number of hydrogen-bond acceptors (Lipinski definition) is 5. The first-order valence-corrected chi connectivity index (χ1v) is 8.57. The van der Waals surface area contributed by atoms with E-state index < -0.39 is 0 Å². The highest BCUT2D eigenvalue weighted by molar-refractivity contribution is 7.15. The number of ether oxygens (including phenoxy) is 1. The molecule has 6 nitrogen and oxygen atoms in total. The first-order valence-electron chi connectivity index (χ1n) is 7.69. The van der Waals surface area contributed by atoms with Gasteiger partial charge >= 0.3 is 0 Å². The van der Waals surface area contributed by atoms with Crippen LogP contribution >= 0.6 is 11.3 Å². The summed E-state index contributed by atoms with van der Waals surface area (Å²) >= 11 is 1.42. The number of rotatable bonds is 6. The van der Waals surface area contributed by atoms with Gasteiger partial charge in [0.2, 0.25) is 0 Å². The van der Waals surface area contributed by atoms with Crippen molar-refractivity contribution in [3.8, 4) is 17.0 Å². The Bertz CT molecular complexity index is 856. The number of nitrogens with zero attached hydrogens (tertiary/aromatic N) is 3. The van der Waals surface area contributed by atoms with Crippen LogP contribution in [0.15, 0.2) is 35.8 Å². The van der Waals surface area contributed by atoms with Crippen LogP contribution in [0.5, 0.6) is 5.75 Å². The van der Waals surface area contributed by atoms with Crippen molar-refractivity contribution in [2.24, 2.45) is 0 Å². The number of benzene rings is 1. The van der Waals surface area contributed by atoms with Gasteiger partial charge < -0.3 is 14.7 Å².